The van der Waals surface area contributed by atoms with Crippen molar-refractivity contribution >= 4 is 70.9 Å². The van der Waals surface area contributed by atoms with Crippen molar-refractivity contribution in [2.24, 2.45) is 35.3 Å². The van der Waals surface area contributed by atoms with Gasteiger partial charge in [-0.15, -0.1) is 0 Å². The molecular weight excluding hydrogens is 1070 g/mol. The molecule has 25 nitrogen and oxygen atoms in total. The Morgan fingerprint density at radius 1 is 0.506 bits per heavy atom. The number of nitrogens with one attached hydrogen (secondary N) is 9. The highest BCUT2D eigenvalue weighted by Crippen LogP contribution is 2.25. The second-order valence-corrected chi connectivity index (χ2v) is 25.7. The zero-order valence-corrected chi connectivity index (χ0v) is 52.5. The lowest BCUT2D eigenvalue weighted by Crippen LogP contribution is -2.64. The fourth-order valence-corrected chi connectivity index (χ4v) is 10.3. The Hall–Kier alpha value is -6.40. The summed E-state index contributed by atoms with van der Waals surface area (Å²) in [4.78, 5) is 167. The Morgan fingerprint density at radius 3 is 1.34 bits per heavy atom. The van der Waals surface area contributed by atoms with Crippen molar-refractivity contribution in [2.45, 2.75) is 247 Å². The van der Waals surface area contributed by atoms with Crippen molar-refractivity contribution in [3.63, 3.8) is 0 Å². The van der Waals surface area contributed by atoms with Crippen LogP contribution in [0.4, 0.5) is 0 Å². The normalized spacial score (nSPS) is 18.6. The number of hydrogen-bond acceptors (Lipinski definition) is 13. The molecule has 0 spiro atoms. The molecule has 2 rings (SSSR count). The molecule has 10 unspecified atom stereocenters. The van der Waals surface area contributed by atoms with E-state index in [4.69, 9.17) is 5.73 Å². The lowest BCUT2D eigenvalue weighted by atomic mass is 9.93. The molecule has 2 fully saturated rings. The molecule has 2 saturated heterocycles. The fourth-order valence-electron chi connectivity index (χ4n) is 10.3. The second-order valence-electron chi connectivity index (χ2n) is 25.7. The summed E-state index contributed by atoms with van der Waals surface area (Å²) in [5.41, 5.74) is 0.771. The van der Waals surface area contributed by atoms with E-state index < -0.39 is 148 Å². The van der Waals surface area contributed by atoms with Crippen LogP contribution in [0.2, 0.25) is 0 Å². The number of amides is 12. The molecule has 0 bridgehead atoms. The number of nitrogens with two attached hydrogens (primary N) is 1. The van der Waals surface area contributed by atoms with Crippen molar-refractivity contribution in [1.82, 2.24) is 57.7 Å². The van der Waals surface area contributed by atoms with Crippen LogP contribution < -0.4 is 53.6 Å². The van der Waals surface area contributed by atoms with Gasteiger partial charge in [0.1, 0.15) is 58.9 Å². The van der Waals surface area contributed by atoms with Crippen LogP contribution in [0.3, 0.4) is 0 Å². The van der Waals surface area contributed by atoms with Crippen LogP contribution in [0.1, 0.15) is 182 Å². The van der Waals surface area contributed by atoms with E-state index in [1.165, 1.54) is 58.3 Å². The Bertz CT molecular complexity index is 2320. The first kappa shape index (κ1) is 72.7. The predicted molar refractivity (Wildman–Crippen MR) is 312 cm³/mol. The van der Waals surface area contributed by atoms with Gasteiger partial charge in [0.25, 0.3) is 0 Å². The summed E-state index contributed by atoms with van der Waals surface area (Å²) in [5.74, 6) is -9.23. The van der Waals surface area contributed by atoms with Crippen LogP contribution in [0.25, 0.3) is 0 Å². The average molecular weight is 1180 g/mol. The van der Waals surface area contributed by atoms with E-state index in [9.17, 15) is 62.6 Å². The number of carbonyl (C=O) groups excluding carboxylic acids is 12. The Kier molecular flexibility index (Phi) is 28.1. The maximum absolute atomic E-state index is 14.5. The molecule has 472 valence electrons. The van der Waals surface area contributed by atoms with E-state index in [-0.39, 0.29) is 62.6 Å². The molecule has 0 aliphatic carbocycles. The molecule has 0 aromatic carbocycles. The van der Waals surface area contributed by atoms with E-state index in [1.807, 2.05) is 41.5 Å². The molecule has 2 heterocycles. The maximum atomic E-state index is 14.5. The molecule has 25 heteroatoms. The van der Waals surface area contributed by atoms with E-state index >= 15 is 0 Å². The highest BCUT2D eigenvalue weighted by Gasteiger charge is 2.46. The largest absolute Gasteiger partial charge is 0.394 e. The Labute approximate surface area is 491 Å². The molecule has 0 saturated carbocycles. The topological polar surface area (TPSA) is 366 Å². The molecule has 12 amide bonds. The van der Waals surface area contributed by atoms with E-state index in [0.29, 0.717) is 38.5 Å². The van der Waals surface area contributed by atoms with Gasteiger partial charge < -0.3 is 68.5 Å². The van der Waals surface area contributed by atoms with Crippen LogP contribution in [0.15, 0.2) is 0 Å². The van der Waals surface area contributed by atoms with Crippen molar-refractivity contribution in [3.05, 3.63) is 0 Å². The van der Waals surface area contributed by atoms with Gasteiger partial charge in [0.15, 0.2) is 0 Å². The molecule has 0 aromatic heterocycles. The number of carbonyl (C=O) groups is 12. The predicted octanol–water partition coefficient (Wildman–Crippen LogP) is 0.680. The number of nitrogens with zero attached hydrogens (tertiary/aromatic N) is 2. The molecular formula is C58H102N12O13. The van der Waals surface area contributed by atoms with Crippen molar-refractivity contribution in [3.8, 4) is 0 Å². The monoisotopic (exact) mass is 1170 g/mol. The maximum Gasteiger partial charge on any atom is 0.248 e. The molecule has 83 heavy (non-hydrogen) atoms. The zero-order chi connectivity index (χ0) is 63.6. The number of primary amides is 1. The third kappa shape index (κ3) is 21.9. The van der Waals surface area contributed by atoms with Crippen LogP contribution in [0.5, 0.6) is 0 Å². The summed E-state index contributed by atoms with van der Waals surface area (Å²) in [6.07, 6.45) is 2.58. The van der Waals surface area contributed by atoms with E-state index in [0.717, 1.165) is 0 Å². The van der Waals surface area contributed by atoms with E-state index in [2.05, 4.69) is 47.9 Å². The fraction of sp³-hybridized carbons (Fsp3) is 0.793. The molecule has 2 aliphatic heterocycles. The summed E-state index contributed by atoms with van der Waals surface area (Å²) in [6, 6.07) is -8.73. The minimum atomic E-state index is -1.66. The highest BCUT2D eigenvalue weighted by atomic mass is 16.3. The lowest BCUT2D eigenvalue weighted by Gasteiger charge is -2.36. The van der Waals surface area contributed by atoms with E-state index in [1.54, 1.807) is 27.7 Å². The summed E-state index contributed by atoms with van der Waals surface area (Å²) in [6.45, 7) is 28.5. The zero-order valence-electron chi connectivity index (χ0n) is 52.5. The van der Waals surface area contributed by atoms with Gasteiger partial charge in [0, 0.05) is 20.0 Å². The summed E-state index contributed by atoms with van der Waals surface area (Å²) in [7, 11) is 0. The molecule has 2 aliphatic rings. The van der Waals surface area contributed by atoms with Gasteiger partial charge in [-0.25, -0.2) is 0 Å². The number of aliphatic hydroxyl groups is 1. The van der Waals surface area contributed by atoms with Gasteiger partial charge in [-0.3, -0.25) is 57.5 Å². The first-order valence-electron chi connectivity index (χ1n) is 29.6. The van der Waals surface area contributed by atoms with Crippen LogP contribution in [-0.2, 0) is 57.5 Å². The average Bonchev–Trinajstić information content (AvgIpc) is 4.10. The van der Waals surface area contributed by atoms with Gasteiger partial charge in [0.05, 0.1) is 19.1 Å². The summed E-state index contributed by atoms with van der Waals surface area (Å²) < 4.78 is 0. The van der Waals surface area contributed by atoms with Gasteiger partial charge >= 0.3 is 0 Å². The van der Waals surface area contributed by atoms with Gasteiger partial charge in [-0.2, -0.15) is 0 Å². The minimum Gasteiger partial charge on any atom is -0.394 e. The van der Waals surface area contributed by atoms with Crippen LogP contribution in [-0.4, -0.2) is 170 Å². The number of hydrogen-bond donors (Lipinski definition) is 11. The van der Waals surface area contributed by atoms with Gasteiger partial charge in [0.2, 0.25) is 70.9 Å². The number of likely N-dealkylation sites (tertiary alicyclic amines) is 2. The molecule has 0 radical (unpaired) electrons. The summed E-state index contributed by atoms with van der Waals surface area (Å²) in [5, 5.41) is 34.3. The second kappa shape index (κ2) is 32.0. The van der Waals surface area contributed by atoms with Crippen LogP contribution >= 0.6 is 0 Å². The molecule has 10 atom stereocenters. The first-order chi connectivity index (χ1) is 38.3. The Morgan fingerprint density at radius 2 is 0.916 bits per heavy atom. The lowest BCUT2D eigenvalue weighted by molar-refractivity contribution is -0.146. The van der Waals surface area contributed by atoms with Crippen molar-refractivity contribution in [2.75, 3.05) is 19.7 Å². The Balaban J connectivity index is 2.32. The molecule has 0 aromatic rings. The van der Waals surface area contributed by atoms with Crippen LogP contribution in [0, 0.1) is 29.6 Å². The third-order valence-corrected chi connectivity index (χ3v) is 15.2. The van der Waals surface area contributed by atoms with Crippen molar-refractivity contribution < 1.29 is 62.6 Å². The molecule has 12 N–H and O–H groups in total. The minimum absolute atomic E-state index is 0.110. The number of rotatable bonds is 32. The summed E-state index contributed by atoms with van der Waals surface area (Å²) >= 11 is 0. The highest BCUT2D eigenvalue weighted by molar-refractivity contribution is 6.01. The third-order valence-electron chi connectivity index (χ3n) is 15.2. The first-order valence-corrected chi connectivity index (χ1v) is 29.6. The SMILES string of the molecule is CCC(C)C(NC(=O)C(CC(N)=O)NC(=O)C(C)(C)NC(C)=O)C(=O)NC(C(=O)NC(C)(C)C(=O)N1CCCC1C(=O)NC(CC(C)C)C(=O)NC(CC(C)C)C(=O)NC(C)(C)C(=O)N1CCCC1C(=O)NC(CO)CC(C)C)C(C)CC. The quantitative estimate of drug-likeness (QED) is 0.0442. The number of aliphatic hydroxyl groups excluding tert-OH is 1. The van der Waals surface area contributed by atoms with Gasteiger partial charge in [-0.05, 0) is 116 Å². The standard InChI is InChI=1S/C58H102N12O13/c1-18-34(9)44(64-47(75)40(29-43(59)73)63-53(81)56(12,13)66-36(11)72)51(79)65-45(35(10)19-2)52(80)68-58(16,17)55(83)70-25-21-23-42(70)50(78)62-38(27-32(5)6)46(74)61-39(28-33(7)8)48(76)67-57(14,15)54(82)69-24-20-22-41(69)49(77)60-37(30-71)26-31(3)4/h31-35,37-42,44-45,71H,18-30H2,1-17H3,(H2,59,73)(H,60,77)(H,61,74)(H,62,78)(H,63,81)(H,64,75)(H,65,79)(H,66,72)(H,67,76)(H,68,80). The van der Waals surface area contributed by atoms with Crippen molar-refractivity contribution in [1.29, 1.82) is 0 Å². The van der Waals surface area contributed by atoms with Gasteiger partial charge in [-0.1, -0.05) is 82.1 Å². The smallest absolute Gasteiger partial charge is 0.248 e.